The van der Waals surface area contributed by atoms with Crippen LogP contribution in [0.3, 0.4) is 0 Å². The van der Waals surface area contributed by atoms with E-state index in [2.05, 4.69) is 10.3 Å². The number of carbonyl (C=O) groups is 2. The first-order chi connectivity index (χ1) is 16.1. The van der Waals surface area contributed by atoms with E-state index < -0.39 is 5.25 Å². The second-order valence-electron chi connectivity index (χ2n) is 7.67. The molecule has 0 saturated carbocycles. The number of benzene rings is 3. The average molecular weight is 462 g/mol. The Morgan fingerprint density at radius 2 is 1.64 bits per heavy atom. The minimum Gasteiger partial charge on any atom is -0.355 e. The average Bonchev–Trinajstić information content (AvgIpc) is 2.83. The maximum Gasteiger partial charge on any atom is 0.234 e. The molecule has 3 aromatic rings. The van der Waals surface area contributed by atoms with Gasteiger partial charge in [0.1, 0.15) is 5.82 Å². The van der Waals surface area contributed by atoms with Crippen molar-refractivity contribution in [2.75, 3.05) is 6.54 Å². The molecule has 1 atom stereocenters. The van der Waals surface area contributed by atoms with Crippen LogP contribution >= 0.6 is 11.8 Å². The quantitative estimate of drug-likeness (QED) is 0.555. The van der Waals surface area contributed by atoms with E-state index in [0.717, 1.165) is 17.5 Å². The number of hydrogen-bond donors (Lipinski definition) is 1. The highest BCUT2D eigenvalue weighted by molar-refractivity contribution is 8.15. The molecule has 7 heteroatoms. The summed E-state index contributed by atoms with van der Waals surface area (Å²) in [6, 6.07) is 25.3. The van der Waals surface area contributed by atoms with Crippen LogP contribution in [0.2, 0.25) is 0 Å². The van der Waals surface area contributed by atoms with Gasteiger partial charge in [-0.1, -0.05) is 72.4 Å². The van der Waals surface area contributed by atoms with Crippen LogP contribution in [0, 0.1) is 5.82 Å². The van der Waals surface area contributed by atoms with Crippen LogP contribution in [0.15, 0.2) is 89.9 Å². The van der Waals surface area contributed by atoms with Crippen molar-refractivity contribution in [1.82, 2.24) is 10.2 Å². The van der Waals surface area contributed by atoms with E-state index in [1.165, 1.54) is 23.9 Å². The summed E-state index contributed by atoms with van der Waals surface area (Å²) in [4.78, 5) is 32.1. The van der Waals surface area contributed by atoms with Gasteiger partial charge in [-0.05, 0) is 41.8 Å². The number of amidine groups is 1. The Kier molecular flexibility index (Phi) is 7.52. The summed E-state index contributed by atoms with van der Waals surface area (Å²) in [7, 11) is 0. The molecule has 1 aliphatic heterocycles. The zero-order valence-electron chi connectivity index (χ0n) is 18.0. The third-order valence-corrected chi connectivity index (χ3v) is 6.41. The normalized spacial score (nSPS) is 17.2. The van der Waals surface area contributed by atoms with Crippen LogP contribution < -0.4 is 5.32 Å². The van der Waals surface area contributed by atoms with E-state index in [-0.39, 0.29) is 30.6 Å². The fraction of sp³-hybridized carbons (Fsp3) is 0.192. The number of thioether (sulfide) groups is 1. The molecule has 3 aromatic carbocycles. The van der Waals surface area contributed by atoms with Gasteiger partial charge in [0, 0.05) is 13.0 Å². The number of para-hydroxylation sites is 1. The van der Waals surface area contributed by atoms with Crippen LogP contribution in [0.1, 0.15) is 17.5 Å². The molecule has 5 nitrogen and oxygen atoms in total. The van der Waals surface area contributed by atoms with E-state index in [1.807, 2.05) is 60.7 Å². The van der Waals surface area contributed by atoms with Crippen molar-refractivity contribution < 1.29 is 14.0 Å². The molecule has 168 valence electrons. The highest BCUT2D eigenvalue weighted by Crippen LogP contribution is 2.30. The SMILES string of the molecule is O=C(NCCc1ccccc1)[C@@H]1CC(=O)N(Cc2ccc(F)cc2)C(=Nc2ccccc2)S1. The number of nitrogens with zero attached hydrogens (tertiary/aromatic N) is 2. The predicted molar refractivity (Wildman–Crippen MR) is 130 cm³/mol. The van der Waals surface area contributed by atoms with E-state index in [9.17, 15) is 14.0 Å². The number of hydrogen-bond acceptors (Lipinski definition) is 4. The minimum absolute atomic E-state index is 0.0802. The Labute approximate surface area is 196 Å². The van der Waals surface area contributed by atoms with Crippen LogP contribution in [-0.2, 0) is 22.6 Å². The minimum atomic E-state index is -0.555. The van der Waals surface area contributed by atoms with Gasteiger partial charge < -0.3 is 5.32 Å². The smallest absolute Gasteiger partial charge is 0.234 e. The van der Waals surface area contributed by atoms with Gasteiger partial charge in [0.25, 0.3) is 0 Å². The van der Waals surface area contributed by atoms with Crippen molar-refractivity contribution in [2.24, 2.45) is 4.99 Å². The Hall–Kier alpha value is -3.45. The molecule has 1 fully saturated rings. The summed E-state index contributed by atoms with van der Waals surface area (Å²) >= 11 is 1.28. The Morgan fingerprint density at radius 3 is 2.33 bits per heavy atom. The largest absolute Gasteiger partial charge is 0.355 e. The molecule has 1 saturated heterocycles. The third-order valence-electron chi connectivity index (χ3n) is 5.22. The van der Waals surface area contributed by atoms with Gasteiger partial charge in [-0.25, -0.2) is 9.38 Å². The zero-order valence-corrected chi connectivity index (χ0v) is 18.8. The topological polar surface area (TPSA) is 61.8 Å². The summed E-state index contributed by atoms with van der Waals surface area (Å²) in [6.07, 6.45) is 0.802. The van der Waals surface area contributed by atoms with E-state index in [1.54, 1.807) is 17.0 Å². The fourth-order valence-corrected chi connectivity index (χ4v) is 4.59. The molecule has 0 radical (unpaired) electrons. The second-order valence-corrected chi connectivity index (χ2v) is 8.84. The van der Waals surface area contributed by atoms with Gasteiger partial charge in [0.05, 0.1) is 17.5 Å². The maximum atomic E-state index is 13.3. The summed E-state index contributed by atoms with van der Waals surface area (Å²) in [5, 5.41) is 2.86. The van der Waals surface area contributed by atoms with Gasteiger partial charge in [-0.15, -0.1) is 0 Å². The zero-order chi connectivity index (χ0) is 23.0. The van der Waals surface area contributed by atoms with Gasteiger partial charge in [-0.3, -0.25) is 14.5 Å². The van der Waals surface area contributed by atoms with Gasteiger partial charge in [0.15, 0.2) is 5.17 Å². The molecule has 0 aromatic heterocycles. The first kappa shape index (κ1) is 22.7. The standard InChI is InChI=1S/C26H24FN3O2S/c27-21-13-11-20(12-14-21)18-30-24(31)17-23(33-26(30)29-22-9-5-2-6-10-22)25(32)28-16-15-19-7-3-1-4-8-19/h1-14,23H,15-18H2,(H,28,32)/t23-/m0/s1. The van der Waals surface area contributed by atoms with Crippen molar-refractivity contribution in [3.05, 3.63) is 102 Å². The monoisotopic (exact) mass is 461 g/mol. The van der Waals surface area contributed by atoms with Gasteiger partial charge in [-0.2, -0.15) is 0 Å². The Balaban J connectivity index is 1.48. The Morgan fingerprint density at radius 1 is 0.970 bits per heavy atom. The van der Waals surface area contributed by atoms with Crippen molar-refractivity contribution in [3.63, 3.8) is 0 Å². The lowest BCUT2D eigenvalue weighted by atomic mass is 10.1. The molecule has 1 aliphatic rings. The van der Waals surface area contributed by atoms with Gasteiger partial charge in [0.2, 0.25) is 11.8 Å². The molecule has 0 bridgehead atoms. The number of amides is 2. The van der Waals surface area contributed by atoms with Crippen LogP contribution in [-0.4, -0.2) is 33.7 Å². The molecular formula is C26H24FN3O2S. The highest BCUT2D eigenvalue weighted by Gasteiger charge is 2.35. The highest BCUT2D eigenvalue weighted by atomic mass is 32.2. The second kappa shape index (κ2) is 10.9. The molecule has 0 aliphatic carbocycles. The molecule has 33 heavy (non-hydrogen) atoms. The molecule has 2 amide bonds. The summed E-state index contributed by atoms with van der Waals surface area (Å²) < 4.78 is 13.3. The fourth-order valence-electron chi connectivity index (χ4n) is 3.47. The van der Waals surface area contributed by atoms with E-state index in [4.69, 9.17) is 0 Å². The van der Waals surface area contributed by atoms with Crippen molar-refractivity contribution >= 4 is 34.4 Å². The maximum absolute atomic E-state index is 13.3. The lowest BCUT2D eigenvalue weighted by Crippen LogP contribution is -2.46. The first-order valence-electron chi connectivity index (χ1n) is 10.8. The number of rotatable bonds is 7. The number of aliphatic imine (C=N–C) groups is 1. The first-order valence-corrected chi connectivity index (χ1v) is 11.6. The van der Waals surface area contributed by atoms with Gasteiger partial charge >= 0.3 is 0 Å². The molecular weight excluding hydrogens is 437 g/mol. The van der Waals surface area contributed by atoms with Crippen molar-refractivity contribution in [1.29, 1.82) is 0 Å². The summed E-state index contributed by atoms with van der Waals surface area (Å²) in [5.41, 5.74) is 2.63. The number of carbonyl (C=O) groups excluding carboxylic acids is 2. The van der Waals surface area contributed by atoms with E-state index in [0.29, 0.717) is 17.4 Å². The van der Waals surface area contributed by atoms with Crippen molar-refractivity contribution in [3.8, 4) is 0 Å². The molecule has 0 spiro atoms. The van der Waals surface area contributed by atoms with Crippen LogP contribution in [0.4, 0.5) is 10.1 Å². The molecule has 4 rings (SSSR count). The molecule has 1 heterocycles. The van der Waals surface area contributed by atoms with Crippen LogP contribution in [0.25, 0.3) is 0 Å². The lowest BCUT2D eigenvalue weighted by molar-refractivity contribution is -0.130. The summed E-state index contributed by atoms with van der Waals surface area (Å²) in [6.45, 7) is 0.763. The number of halogens is 1. The van der Waals surface area contributed by atoms with Crippen LogP contribution in [0.5, 0.6) is 0 Å². The van der Waals surface area contributed by atoms with Crippen molar-refractivity contribution in [2.45, 2.75) is 24.6 Å². The Bertz CT molecular complexity index is 1120. The predicted octanol–water partition coefficient (Wildman–Crippen LogP) is 4.71. The molecule has 1 N–H and O–H groups in total. The van der Waals surface area contributed by atoms with E-state index >= 15 is 0 Å². The molecule has 0 unspecified atom stereocenters. The number of nitrogens with one attached hydrogen (secondary N) is 1. The summed E-state index contributed by atoms with van der Waals surface area (Å²) in [5.74, 6) is -0.689. The lowest BCUT2D eigenvalue weighted by Gasteiger charge is -2.32. The third kappa shape index (κ3) is 6.29.